The van der Waals surface area contributed by atoms with E-state index in [0.29, 0.717) is 5.92 Å². The number of piperidine rings is 1. The minimum atomic E-state index is -0.172. The second kappa shape index (κ2) is 4.70. The number of rotatable bonds is 2. The first-order chi connectivity index (χ1) is 7.70. The Hall–Kier alpha value is -1.29. The molecule has 88 valence electrons. The van der Waals surface area contributed by atoms with Gasteiger partial charge in [-0.05, 0) is 24.5 Å². The summed E-state index contributed by atoms with van der Waals surface area (Å²) in [7, 11) is 1.63. The van der Waals surface area contributed by atoms with Crippen molar-refractivity contribution >= 4 is 5.82 Å². The number of ether oxygens (including phenoxy) is 1. The minimum absolute atomic E-state index is 0.172. The van der Waals surface area contributed by atoms with Crippen LogP contribution in [0.25, 0.3) is 0 Å². The Morgan fingerprint density at radius 3 is 2.88 bits per heavy atom. The van der Waals surface area contributed by atoms with E-state index in [9.17, 15) is 5.11 Å². The molecule has 2 heterocycles. The summed E-state index contributed by atoms with van der Waals surface area (Å²) >= 11 is 0. The molecule has 1 fully saturated rings. The van der Waals surface area contributed by atoms with Crippen LogP contribution in [0.15, 0.2) is 18.3 Å². The Balaban J connectivity index is 2.06. The lowest BCUT2D eigenvalue weighted by Gasteiger charge is -2.35. The van der Waals surface area contributed by atoms with Crippen LogP contribution in [0.5, 0.6) is 5.75 Å². The van der Waals surface area contributed by atoms with E-state index in [0.717, 1.165) is 31.1 Å². The Kier molecular flexibility index (Phi) is 3.29. The zero-order valence-electron chi connectivity index (χ0n) is 9.76. The first kappa shape index (κ1) is 11.2. The van der Waals surface area contributed by atoms with Gasteiger partial charge in [-0.2, -0.15) is 0 Å². The van der Waals surface area contributed by atoms with Gasteiger partial charge in [0, 0.05) is 13.1 Å². The number of nitrogens with zero attached hydrogens (tertiary/aromatic N) is 2. The highest BCUT2D eigenvalue weighted by molar-refractivity contribution is 5.41. The first-order valence-corrected chi connectivity index (χ1v) is 5.63. The summed E-state index contributed by atoms with van der Waals surface area (Å²) in [6.07, 6.45) is 2.37. The van der Waals surface area contributed by atoms with Gasteiger partial charge in [0.15, 0.2) is 0 Å². The molecular weight excluding hydrogens is 204 g/mol. The zero-order chi connectivity index (χ0) is 11.5. The fraction of sp³-hybridized carbons (Fsp3) is 0.583. The predicted octanol–water partition coefficient (Wildman–Crippen LogP) is 1.30. The highest BCUT2D eigenvalue weighted by Gasteiger charge is 2.24. The molecule has 0 radical (unpaired) electrons. The van der Waals surface area contributed by atoms with Gasteiger partial charge in [-0.25, -0.2) is 4.98 Å². The number of aliphatic hydroxyl groups is 1. The molecule has 2 rings (SSSR count). The molecule has 0 aliphatic carbocycles. The molecule has 1 aliphatic rings. The van der Waals surface area contributed by atoms with Crippen LogP contribution in [0.1, 0.15) is 13.3 Å². The van der Waals surface area contributed by atoms with E-state index < -0.39 is 0 Å². The van der Waals surface area contributed by atoms with Gasteiger partial charge in [0.1, 0.15) is 11.6 Å². The van der Waals surface area contributed by atoms with E-state index in [2.05, 4.69) is 16.8 Å². The standard InChI is InChI=1S/C12H18N2O2/c1-9-8-14(6-5-11(9)15)12-4-3-10(16-2)7-13-12/h3-4,7,9,11,15H,5-6,8H2,1-2H3. The summed E-state index contributed by atoms with van der Waals surface area (Å²) in [6, 6.07) is 3.88. The van der Waals surface area contributed by atoms with Gasteiger partial charge in [-0.3, -0.25) is 0 Å². The second-order valence-electron chi connectivity index (χ2n) is 4.34. The summed E-state index contributed by atoms with van der Waals surface area (Å²) in [6.45, 7) is 3.80. The summed E-state index contributed by atoms with van der Waals surface area (Å²) in [4.78, 5) is 6.56. The van der Waals surface area contributed by atoms with Crippen LogP contribution in [-0.4, -0.2) is 36.4 Å². The lowest BCUT2D eigenvalue weighted by atomic mass is 9.97. The summed E-state index contributed by atoms with van der Waals surface area (Å²) in [5, 5.41) is 9.66. The Bertz CT molecular complexity index is 339. The van der Waals surface area contributed by atoms with Gasteiger partial charge >= 0.3 is 0 Å². The van der Waals surface area contributed by atoms with Crippen molar-refractivity contribution in [2.45, 2.75) is 19.4 Å². The first-order valence-electron chi connectivity index (χ1n) is 5.63. The van der Waals surface area contributed by atoms with Crippen LogP contribution in [0.3, 0.4) is 0 Å². The van der Waals surface area contributed by atoms with E-state index >= 15 is 0 Å². The number of hydrogen-bond acceptors (Lipinski definition) is 4. The van der Waals surface area contributed by atoms with Crippen LogP contribution in [0, 0.1) is 5.92 Å². The Morgan fingerprint density at radius 1 is 1.50 bits per heavy atom. The average Bonchev–Trinajstić information content (AvgIpc) is 2.33. The van der Waals surface area contributed by atoms with Gasteiger partial charge < -0.3 is 14.7 Å². The molecule has 0 aromatic carbocycles. The van der Waals surface area contributed by atoms with Crippen LogP contribution < -0.4 is 9.64 Å². The van der Waals surface area contributed by atoms with Crippen molar-refractivity contribution in [3.05, 3.63) is 18.3 Å². The maximum Gasteiger partial charge on any atom is 0.137 e. The largest absolute Gasteiger partial charge is 0.495 e. The molecule has 0 amide bonds. The summed E-state index contributed by atoms with van der Waals surface area (Å²) in [5.41, 5.74) is 0. The number of methoxy groups -OCH3 is 1. The number of anilines is 1. The number of aliphatic hydroxyl groups excluding tert-OH is 1. The molecular formula is C12H18N2O2. The fourth-order valence-electron chi connectivity index (χ4n) is 2.02. The predicted molar refractivity (Wildman–Crippen MR) is 62.8 cm³/mol. The number of hydrogen-bond donors (Lipinski definition) is 1. The van der Waals surface area contributed by atoms with E-state index in [1.807, 2.05) is 12.1 Å². The quantitative estimate of drug-likeness (QED) is 0.819. The van der Waals surface area contributed by atoms with E-state index in [-0.39, 0.29) is 6.10 Å². The van der Waals surface area contributed by atoms with Crippen molar-refractivity contribution in [1.29, 1.82) is 0 Å². The molecule has 4 nitrogen and oxygen atoms in total. The molecule has 1 aliphatic heterocycles. The molecule has 4 heteroatoms. The van der Waals surface area contributed by atoms with Crippen molar-refractivity contribution in [2.75, 3.05) is 25.1 Å². The molecule has 1 N–H and O–H groups in total. The Morgan fingerprint density at radius 2 is 2.31 bits per heavy atom. The van der Waals surface area contributed by atoms with Crippen molar-refractivity contribution in [1.82, 2.24) is 4.98 Å². The van der Waals surface area contributed by atoms with Crippen LogP contribution in [-0.2, 0) is 0 Å². The van der Waals surface area contributed by atoms with Crippen molar-refractivity contribution in [3.8, 4) is 5.75 Å². The molecule has 2 unspecified atom stereocenters. The van der Waals surface area contributed by atoms with Crippen molar-refractivity contribution < 1.29 is 9.84 Å². The molecule has 1 saturated heterocycles. The third-order valence-corrected chi connectivity index (χ3v) is 3.14. The molecule has 0 saturated carbocycles. The molecule has 1 aromatic heterocycles. The van der Waals surface area contributed by atoms with Gasteiger partial charge in [0.2, 0.25) is 0 Å². The summed E-state index contributed by atoms with van der Waals surface area (Å²) < 4.78 is 5.07. The SMILES string of the molecule is COc1ccc(N2CCC(O)C(C)C2)nc1. The van der Waals surface area contributed by atoms with Crippen LogP contribution >= 0.6 is 0 Å². The highest BCUT2D eigenvalue weighted by Crippen LogP contribution is 2.22. The fourth-order valence-corrected chi connectivity index (χ4v) is 2.02. The lowest BCUT2D eigenvalue weighted by Crippen LogP contribution is -2.42. The van der Waals surface area contributed by atoms with Crippen LogP contribution in [0.4, 0.5) is 5.82 Å². The molecule has 0 spiro atoms. The molecule has 0 bridgehead atoms. The van der Waals surface area contributed by atoms with Crippen molar-refractivity contribution in [3.63, 3.8) is 0 Å². The third kappa shape index (κ3) is 2.27. The number of pyridine rings is 1. The molecule has 16 heavy (non-hydrogen) atoms. The summed E-state index contributed by atoms with van der Waals surface area (Å²) in [5.74, 6) is 2.03. The molecule has 2 atom stereocenters. The van der Waals surface area contributed by atoms with Crippen LogP contribution in [0.2, 0.25) is 0 Å². The topological polar surface area (TPSA) is 45.6 Å². The van der Waals surface area contributed by atoms with Gasteiger partial charge in [-0.15, -0.1) is 0 Å². The second-order valence-corrected chi connectivity index (χ2v) is 4.34. The monoisotopic (exact) mass is 222 g/mol. The maximum atomic E-state index is 9.66. The number of aromatic nitrogens is 1. The maximum absolute atomic E-state index is 9.66. The van der Waals surface area contributed by atoms with E-state index in [1.165, 1.54) is 0 Å². The average molecular weight is 222 g/mol. The van der Waals surface area contributed by atoms with Gasteiger partial charge in [0.25, 0.3) is 0 Å². The van der Waals surface area contributed by atoms with Gasteiger partial charge in [0.05, 0.1) is 19.4 Å². The van der Waals surface area contributed by atoms with E-state index in [4.69, 9.17) is 4.74 Å². The Labute approximate surface area is 95.9 Å². The molecule has 1 aromatic rings. The third-order valence-electron chi connectivity index (χ3n) is 3.14. The normalized spacial score (nSPS) is 25.6. The van der Waals surface area contributed by atoms with Crippen molar-refractivity contribution in [2.24, 2.45) is 5.92 Å². The highest BCUT2D eigenvalue weighted by atomic mass is 16.5. The lowest BCUT2D eigenvalue weighted by molar-refractivity contribution is 0.0969. The zero-order valence-corrected chi connectivity index (χ0v) is 9.76. The van der Waals surface area contributed by atoms with Gasteiger partial charge in [-0.1, -0.05) is 6.92 Å². The smallest absolute Gasteiger partial charge is 0.137 e. The minimum Gasteiger partial charge on any atom is -0.495 e. The van der Waals surface area contributed by atoms with E-state index in [1.54, 1.807) is 13.3 Å².